The molecule has 0 fully saturated rings. The number of aromatic nitrogens is 2. The average Bonchev–Trinajstić information content (AvgIpc) is 2.61. The van der Waals surface area contributed by atoms with Crippen molar-refractivity contribution in [3.8, 4) is 11.5 Å². The van der Waals surface area contributed by atoms with E-state index in [1.54, 1.807) is 18.2 Å². The fourth-order valence-corrected chi connectivity index (χ4v) is 2.14. The van der Waals surface area contributed by atoms with Crippen LogP contribution >= 0.6 is 0 Å². The Labute approximate surface area is 143 Å². The number of rotatable bonds is 4. The van der Waals surface area contributed by atoms with Crippen molar-refractivity contribution in [3.05, 3.63) is 36.3 Å². The number of esters is 1. The van der Waals surface area contributed by atoms with Crippen LogP contribution in [-0.2, 0) is 9.53 Å². The van der Waals surface area contributed by atoms with E-state index in [4.69, 9.17) is 19.9 Å². The van der Waals surface area contributed by atoms with E-state index in [-0.39, 0.29) is 11.5 Å². The summed E-state index contributed by atoms with van der Waals surface area (Å²) in [7, 11) is 0. The van der Waals surface area contributed by atoms with Gasteiger partial charge in [0.1, 0.15) is 13.2 Å². The Morgan fingerprint density at radius 3 is 2.68 bits per heavy atom. The van der Waals surface area contributed by atoms with Gasteiger partial charge in [-0.15, -0.1) is 0 Å². The Morgan fingerprint density at radius 1 is 1.20 bits per heavy atom. The monoisotopic (exact) mass is 344 g/mol. The largest absolute Gasteiger partial charge is 0.486 e. The molecule has 130 valence electrons. The molecule has 1 aromatic heterocycles. The molecule has 9 nitrogen and oxygen atoms in total. The van der Waals surface area contributed by atoms with Gasteiger partial charge in [-0.2, -0.15) is 0 Å². The summed E-state index contributed by atoms with van der Waals surface area (Å²) in [6.45, 7) is 2.37. The number of anilines is 2. The van der Waals surface area contributed by atoms with Crippen LogP contribution in [0, 0.1) is 0 Å². The minimum atomic E-state index is -1.05. The van der Waals surface area contributed by atoms with Gasteiger partial charge in [-0.1, -0.05) is 0 Å². The first-order chi connectivity index (χ1) is 12.0. The van der Waals surface area contributed by atoms with Crippen LogP contribution in [0.25, 0.3) is 0 Å². The predicted molar refractivity (Wildman–Crippen MR) is 87.4 cm³/mol. The number of nitrogens with two attached hydrogens (primary N) is 1. The molecular weight excluding hydrogens is 328 g/mol. The van der Waals surface area contributed by atoms with E-state index < -0.39 is 18.0 Å². The van der Waals surface area contributed by atoms with Gasteiger partial charge in [-0.25, -0.2) is 14.8 Å². The molecule has 1 amide bonds. The molecule has 3 N–H and O–H groups in total. The van der Waals surface area contributed by atoms with Gasteiger partial charge < -0.3 is 25.3 Å². The van der Waals surface area contributed by atoms with E-state index in [9.17, 15) is 9.59 Å². The van der Waals surface area contributed by atoms with Crippen molar-refractivity contribution in [2.45, 2.75) is 13.0 Å². The molecule has 1 aromatic carbocycles. The van der Waals surface area contributed by atoms with Gasteiger partial charge in [-0.05, 0) is 19.1 Å². The molecule has 0 saturated heterocycles. The third-order valence-corrected chi connectivity index (χ3v) is 3.38. The molecule has 2 aromatic rings. The molecule has 25 heavy (non-hydrogen) atoms. The molecule has 3 rings (SSSR count). The highest BCUT2D eigenvalue weighted by Crippen LogP contribution is 2.32. The van der Waals surface area contributed by atoms with Crippen LogP contribution in [0.15, 0.2) is 30.6 Å². The lowest BCUT2D eigenvalue weighted by Gasteiger charge is -2.19. The van der Waals surface area contributed by atoms with Crippen LogP contribution in [0.5, 0.6) is 11.5 Å². The SMILES string of the molecule is C[C@H](OC(=O)c1nccnc1N)C(=O)Nc1ccc2c(c1)OCCO2. The number of carbonyl (C=O) groups is 2. The van der Waals surface area contributed by atoms with Crippen LogP contribution < -0.4 is 20.5 Å². The number of hydrogen-bond donors (Lipinski definition) is 2. The fourth-order valence-electron chi connectivity index (χ4n) is 2.14. The Balaban J connectivity index is 1.63. The normalized spacial score (nSPS) is 13.6. The lowest BCUT2D eigenvalue weighted by atomic mass is 10.2. The summed E-state index contributed by atoms with van der Waals surface area (Å²) in [4.78, 5) is 31.8. The highest BCUT2D eigenvalue weighted by Gasteiger charge is 2.22. The zero-order valence-corrected chi connectivity index (χ0v) is 13.4. The van der Waals surface area contributed by atoms with Crippen molar-refractivity contribution in [2.24, 2.45) is 0 Å². The molecule has 1 aliphatic heterocycles. The molecule has 0 spiro atoms. The van der Waals surface area contributed by atoms with Gasteiger partial charge in [-0.3, -0.25) is 4.79 Å². The van der Waals surface area contributed by atoms with E-state index in [0.717, 1.165) is 0 Å². The first-order valence-corrected chi connectivity index (χ1v) is 7.52. The van der Waals surface area contributed by atoms with Crippen molar-refractivity contribution in [1.29, 1.82) is 0 Å². The fraction of sp³-hybridized carbons (Fsp3) is 0.250. The second-order valence-electron chi connectivity index (χ2n) is 5.19. The number of amides is 1. The van der Waals surface area contributed by atoms with Gasteiger partial charge in [0.25, 0.3) is 5.91 Å². The van der Waals surface area contributed by atoms with Crippen molar-refractivity contribution < 1.29 is 23.8 Å². The van der Waals surface area contributed by atoms with E-state index in [0.29, 0.717) is 30.4 Å². The molecule has 9 heteroatoms. The first kappa shape index (κ1) is 16.5. The van der Waals surface area contributed by atoms with E-state index in [1.807, 2.05) is 0 Å². The van der Waals surface area contributed by atoms with Crippen molar-refractivity contribution in [1.82, 2.24) is 9.97 Å². The lowest BCUT2D eigenvalue weighted by Crippen LogP contribution is -2.30. The third-order valence-electron chi connectivity index (χ3n) is 3.38. The second-order valence-corrected chi connectivity index (χ2v) is 5.19. The maximum absolute atomic E-state index is 12.2. The quantitative estimate of drug-likeness (QED) is 0.787. The smallest absolute Gasteiger partial charge is 0.361 e. The third kappa shape index (κ3) is 3.77. The molecule has 2 heterocycles. The zero-order valence-electron chi connectivity index (χ0n) is 13.4. The number of nitrogens with one attached hydrogen (secondary N) is 1. The van der Waals surface area contributed by atoms with Crippen LogP contribution in [0.4, 0.5) is 11.5 Å². The Kier molecular flexibility index (Phi) is 4.64. The number of nitrogens with zero attached hydrogens (tertiary/aromatic N) is 2. The predicted octanol–water partition coefficient (Wildman–Crippen LogP) is 1.01. The Morgan fingerprint density at radius 2 is 1.92 bits per heavy atom. The van der Waals surface area contributed by atoms with Crippen molar-refractivity contribution in [2.75, 3.05) is 24.3 Å². The number of carbonyl (C=O) groups excluding carboxylic acids is 2. The summed E-state index contributed by atoms with van der Waals surface area (Å²) >= 11 is 0. The average molecular weight is 344 g/mol. The number of nitrogen functional groups attached to an aromatic ring is 1. The summed E-state index contributed by atoms with van der Waals surface area (Å²) in [6, 6.07) is 5.00. The molecule has 1 atom stereocenters. The maximum Gasteiger partial charge on any atom is 0.361 e. The number of benzene rings is 1. The minimum Gasteiger partial charge on any atom is -0.486 e. The van der Waals surface area contributed by atoms with E-state index >= 15 is 0 Å². The molecule has 0 aliphatic carbocycles. The summed E-state index contributed by atoms with van der Waals surface area (Å²) < 4.78 is 15.9. The van der Waals surface area contributed by atoms with E-state index in [1.165, 1.54) is 19.3 Å². The number of ether oxygens (including phenoxy) is 3. The standard InChI is InChI=1S/C16H16N4O5/c1-9(25-16(22)13-14(17)19-5-4-18-13)15(21)20-10-2-3-11-12(8-10)24-7-6-23-11/h2-5,8-9H,6-7H2,1H3,(H2,17,19)(H,20,21)/t9-/m0/s1. The van der Waals surface area contributed by atoms with Gasteiger partial charge in [0, 0.05) is 24.1 Å². The topological polar surface area (TPSA) is 126 Å². The molecule has 0 saturated carbocycles. The molecular formula is C16H16N4O5. The zero-order chi connectivity index (χ0) is 17.8. The highest BCUT2D eigenvalue weighted by atomic mass is 16.6. The minimum absolute atomic E-state index is 0.0630. The Hall–Kier alpha value is -3.36. The lowest BCUT2D eigenvalue weighted by molar-refractivity contribution is -0.123. The summed E-state index contributed by atoms with van der Waals surface area (Å²) in [5.41, 5.74) is 5.92. The molecule has 0 bridgehead atoms. The summed E-state index contributed by atoms with van der Waals surface area (Å²) in [6.07, 6.45) is 1.61. The van der Waals surface area contributed by atoms with Gasteiger partial charge in [0.05, 0.1) is 0 Å². The number of hydrogen-bond acceptors (Lipinski definition) is 8. The van der Waals surface area contributed by atoms with Gasteiger partial charge >= 0.3 is 5.97 Å². The van der Waals surface area contributed by atoms with Gasteiger partial charge in [0.15, 0.2) is 29.1 Å². The van der Waals surface area contributed by atoms with Crippen molar-refractivity contribution >= 4 is 23.4 Å². The summed E-state index contributed by atoms with van der Waals surface area (Å²) in [5.74, 6) is -0.238. The van der Waals surface area contributed by atoms with Crippen LogP contribution in [0.2, 0.25) is 0 Å². The van der Waals surface area contributed by atoms with Gasteiger partial charge in [0.2, 0.25) is 0 Å². The van der Waals surface area contributed by atoms with Crippen LogP contribution in [-0.4, -0.2) is 41.2 Å². The van der Waals surface area contributed by atoms with E-state index in [2.05, 4.69) is 15.3 Å². The second kappa shape index (κ2) is 7.04. The molecule has 0 radical (unpaired) electrons. The highest BCUT2D eigenvalue weighted by molar-refractivity contribution is 5.98. The first-order valence-electron chi connectivity index (χ1n) is 7.52. The summed E-state index contributed by atoms with van der Waals surface area (Å²) in [5, 5.41) is 2.64. The number of fused-ring (bicyclic) bond motifs is 1. The van der Waals surface area contributed by atoms with Crippen molar-refractivity contribution in [3.63, 3.8) is 0 Å². The maximum atomic E-state index is 12.2. The molecule has 0 unspecified atom stereocenters. The Bertz CT molecular complexity index is 811. The van der Waals surface area contributed by atoms with Crippen LogP contribution in [0.1, 0.15) is 17.4 Å². The van der Waals surface area contributed by atoms with Crippen LogP contribution in [0.3, 0.4) is 0 Å². The molecule has 1 aliphatic rings.